The highest BCUT2D eigenvalue weighted by molar-refractivity contribution is 5.58. The SMILES string of the molecule is Cc1ccc(-c2noc(C)c2Cn2ncc(N3CC4(CC[C@@H](C)CO4)C3)cc2=O)nn1. The van der Waals surface area contributed by atoms with Crippen LogP contribution in [-0.4, -0.2) is 50.4 Å². The molecule has 9 heteroatoms. The average Bonchev–Trinajstić information content (AvgIpc) is 3.09. The van der Waals surface area contributed by atoms with Crippen LogP contribution in [-0.2, 0) is 11.3 Å². The van der Waals surface area contributed by atoms with E-state index in [-0.39, 0.29) is 17.7 Å². The molecule has 162 valence electrons. The number of rotatable bonds is 4. The van der Waals surface area contributed by atoms with Gasteiger partial charge in [-0.3, -0.25) is 4.79 Å². The Morgan fingerprint density at radius 3 is 2.74 bits per heavy atom. The topological polar surface area (TPSA) is 99.2 Å². The Balaban J connectivity index is 1.33. The van der Waals surface area contributed by atoms with Gasteiger partial charge in [0.2, 0.25) is 0 Å². The van der Waals surface area contributed by atoms with Gasteiger partial charge in [0.05, 0.1) is 30.7 Å². The minimum absolute atomic E-state index is 0.0507. The van der Waals surface area contributed by atoms with Gasteiger partial charge in [-0.15, -0.1) is 5.10 Å². The smallest absolute Gasteiger partial charge is 0.269 e. The van der Waals surface area contributed by atoms with Crippen LogP contribution in [0.15, 0.2) is 33.7 Å². The fourth-order valence-corrected chi connectivity index (χ4v) is 4.23. The lowest BCUT2D eigenvalue weighted by Gasteiger charge is -2.53. The van der Waals surface area contributed by atoms with E-state index >= 15 is 0 Å². The summed E-state index contributed by atoms with van der Waals surface area (Å²) in [6.45, 7) is 8.61. The average molecular weight is 422 g/mol. The first-order valence-corrected chi connectivity index (χ1v) is 10.6. The first-order chi connectivity index (χ1) is 14.9. The summed E-state index contributed by atoms with van der Waals surface area (Å²) in [5.41, 5.74) is 3.39. The van der Waals surface area contributed by atoms with Crippen molar-refractivity contribution in [2.24, 2.45) is 5.92 Å². The molecule has 0 aromatic carbocycles. The van der Waals surface area contributed by atoms with Gasteiger partial charge in [0.1, 0.15) is 22.7 Å². The first kappa shape index (κ1) is 19.9. The molecule has 2 aliphatic rings. The number of anilines is 1. The van der Waals surface area contributed by atoms with Gasteiger partial charge in [-0.2, -0.15) is 10.2 Å². The van der Waals surface area contributed by atoms with Gasteiger partial charge in [-0.25, -0.2) is 4.68 Å². The Kier molecular flexibility index (Phi) is 4.85. The minimum atomic E-state index is -0.168. The normalized spacial score (nSPS) is 20.1. The molecule has 2 aliphatic heterocycles. The van der Waals surface area contributed by atoms with E-state index in [0.29, 0.717) is 23.1 Å². The second-order valence-electron chi connectivity index (χ2n) is 8.83. The van der Waals surface area contributed by atoms with E-state index in [1.165, 1.54) is 11.1 Å². The third-order valence-corrected chi connectivity index (χ3v) is 6.28. The quantitative estimate of drug-likeness (QED) is 0.632. The lowest BCUT2D eigenvalue weighted by molar-refractivity contribution is -0.113. The predicted molar refractivity (Wildman–Crippen MR) is 114 cm³/mol. The van der Waals surface area contributed by atoms with Crippen molar-refractivity contribution in [3.63, 3.8) is 0 Å². The lowest BCUT2D eigenvalue weighted by Crippen LogP contribution is -2.65. The van der Waals surface area contributed by atoms with Gasteiger partial charge in [0, 0.05) is 24.7 Å². The summed E-state index contributed by atoms with van der Waals surface area (Å²) in [6, 6.07) is 5.35. The van der Waals surface area contributed by atoms with E-state index in [2.05, 4.69) is 32.3 Å². The van der Waals surface area contributed by atoms with Crippen LogP contribution in [0.1, 0.15) is 36.8 Å². The zero-order chi connectivity index (χ0) is 21.6. The van der Waals surface area contributed by atoms with Crippen molar-refractivity contribution in [2.75, 3.05) is 24.6 Å². The molecule has 2 fully saturated rings. The highest BCUT2D eigenvalue weighted by atomic mass is 16.5. The van der Waals surface area contributed by atoms with Crippen LogP contribution < -0.4 is 10.5 Å². The van der Waals surface area contributed by atoms with Gasteiger partial charge in [-0.1, -0.05) is 12.1 Å². The van der Waals surface area contributed by atoms with Gasteiger partial charge < -0.3 is 14.2 Å². The number of aryl methyl sites for hydroxylation is 2. The van der Waals surface area contributed by atoms with Crippen molar-refractivity contribution in [3.05, 3.63) is 51.8 Å². The summed E-state index contributed by atoms with van der Waals surface area (Å²) in [6.07, 6.45) is 4.01. The summed E-state index contributed by atoms with van der Waals surface area (Å²) < 4.78 is 12.9. The highest BCUT2D eigenvalue weighted by Gasteiger charge is 2.46. The molecule has 3 aromatic heterocycles. The molecule has 0 amide bonds. The Morgan fingerprint density at radius 2 is 2.06 bits per heavy atom. The Morgan fingerprint density at radius 1 is 1.23 bits per heavy atom. The van der Waals surface area contributed by atoms with E-state index in [1.807, 2.05) is 26.0 Å². The third-order valence-electron chi connectivity index (χ3n) is 6.28. The Bertz CT molecular complexity index is 1140. The standard InChI is InChI=1S/C22H26N6O3/c1-14-6-7-22(30-11-14)12-27(13-22)17-8-20(29)28(23-9-17)10-18-16(3)31-26-21(18)19-5-4-15(2)24-25-19/h4-5,8-9,14H,6-7,10-13H2,1-3H3/t14-/m1/s1. The molecular formula is C22H26N6O3. The molecule has 0 saturated carbocycles. The molecule has 0 N–H and O–H groups in total. The van der Waals surface area contributed by atoms with E-state index < -0.39 is 0 Å². The molecule has 0 bridgehead atoms. The fraction of sp³-hybridized carbons (Fsp3) is 0.500. The van der Waals surface area contributed by atoms with Crippen LogP contribution in [0.3, 0.4) is 0 Å². The molecule has 5 rings (SSSR count). The summed E-state index contributed by atoms with van der Waals surface area (Å²) in [5.74, 6) is 1.26. The molecule has 0 unspecified atom stereocenters. The monoisotopic (exact) mass is 422 g/mol. The van der Waals surface area contributed by atoms with E-state index in [9.17, 15) is 4.79 Å². The maximum Gasteiger partial charge on any atom is 0.269 e. The molecular weight excluding hydrogens is 396 g/mol. The van der Waals surface area contributed by atoms with Crippen LogP contribution >= 0.6 is 0 Å². The second kappa shape index (κ2) is 7.56. The maximum atomic E-state index is 12.8. The number of nitrogens with zero attached hydrogens (tertiary/aromatic N) is 6. The molecule has 9 nitrogen and oxygen atoms in total. The number of hydrogen-bond acceptors (Lipinski definition) is 8. The van der Waals surface area contributed by atoms with Gasteiger partial charge in [-0.05, 0) is 44.7 Å². The Hall–Kier alpha value is -3.07. The first-order valence-electron chi connectivity index (χ1n) is 10.6. The van der Waals surface area contributed by atoms with Crippen LogP contribution in [0.4, 0.5) is 5.69 Å². The zero-order valence-electron chi connectivity index (χ0n) is 18.0. The van der Waals surface area contributed by atoms with Crippen molar-refractivity contribution >= 4 is 5.69 Å². The summed E-state index contributed by atoms with van der Waals surface area (Å²) in [5, 5.41) is 16.8. The number of aromatic nitrogens is 5. The Labute approximate surface area is 180 Å². The van der Waals surface area contributed by atoms with Crippen LogP contribution in [0.5, 0.6) is 0 Å². The number of hydrogen-bond donors (Lipinski definition) is 0. The lowest BCUT2D eigenvalue weighted by atomic mass is 9.83. The maximum absolute atomic E-state index is 12.8. The zero-order valence-corrected chi connectivity index (χ0v) is 18.0. The highest BCUT2D eigenvalue weighted by Crippen LogP contribution is 2.37. The third kappa shape index (κ3) is 3.74. The van der Waals surface area contributed by atoms with Gasteiger partial charge in [0.25, 0.3) is 5.56 Å². The van der Waals surface area contributed by atoms with Crippen molar-refractivity contribution in [1.82, 2.24) is 25.1 Å². The van der Waals surface area contributed by atoms with Crippen molar-refractivity contribution < 1.29 is 9.26 Å². The van der Waals surface area contributed by atoms with Gasteiger partial charge >= 0.3 is 0 Å². The molecule has 3 aromatic rings. The summed E-state index contributed by atoms with van der Waals surface area (Å²) >= 11 is 0. The van der Waals surface area contributed by atoms with Crippen molar-refractivity contribution in [1.29, 1.82) is 0 Å². The predicted octanol–water partition coefficient (Wildman–Crippen LogP) is 2.36. The summed E-state index contributed by atoms with van der Waals surface area (Å²) in [7, 11) is 0. The largest absolute Gasteiger partial charge is 0.371 e. The van der Waals surface area contributed by atoms with E-state index in [4.69, 9.17) is 9.26 Å². The molecule has 5 heterocycles. The molecule has 2 saturated heterocycles. The van der Waals surface area contributed by atoms with E-state index in [1.54, 1.807) is 12.3 Å². The number of ether oxygens (including phenoxy) is 1. The van der Waals surface area contributed by atoms with Crippen molar-refractivity contribution in [2.45, 2.75) is 45.8 Å². The van der Waals surface area contributed by atoms with Gasteiger partial charge in [0.15, 0.2) is 0 Å². The fourth-order valence-electron chi connectivity index (χ4n) is 4.23. The van der Waals surface area contributed by atoms with Crippen LogP contribution in [0.2, 0.25) is 0 Å². The molecule has 31 heavy (non-hydrogen) atoms. The van der Waals surface area contributed by atoms with Crippen molar-refractivity contribution in [3.8, 4) is 11.4 Å². The van der Waals surface area contributed by atoms with Crippen LogP contribution in [0.25, 0.3) is 11.4 Å². The molecule has 1 spiro atoms. The second-order valence-corrected chi connectivity index (χ2v) is 8.83. The van der Waals surface area contributed by atoms with Crippen LogP contribution in [0, 0.1) is 19.8 Å². The summed E-state index contributed by atoms with van der Waals surface area (Å²) in [4.78, 5) is 14.9. The molecule has 1 atom stereocenters. The molecule has 0 radical (unpaired) electrons. The minimum Gasteiger partial charge on any atom is -0.371 e. The molecule has 0 aliphatic carbocycles. The van der Waals surface area contributed by atoms with E-state index in [0.717, 1.165) is 43.1 Å².